The van der Waals surface area contributed by atoms with Gasteiger partial charge in [-0.3, -0.25) is 9.80 Å². The number of rotatable bonds is 10. The number of aromatic nitrogens is 2. The molecule has 0 spiro atoms. The van der Waals surface area contributed by atoms with Crippen molar-refractivity contribution < 1.29 is 0 Å². The van der Waals surface area contributed by atoms with E-state index in [0.29, 0.717) is 0 Å². The topological polar surface area (TPSA) is 69.3 Å². The first kappa shape index (κ1) is 47.5. The molecule has 2 aromatic heterocycles. The predicted molar refractivity (Wildman–Crippen MR) is 325 cm³/mol. The molecular formula is C70H56N8. The summed E-state index contributed by atoms with van der Waals surface area (Å²) < 4.78 is 0. The molecular weight excluding hydrogens is 953 g/mol. The second-order valence-electron chi connectivity index (χ2n) is 20.1. The van der Waals surface area contributed by atoms with E-state index in [2.05, 4.69) is 312 Å². The van der Waals surface area contributed by atoms with Crippen LogP contribution in [0.25, 0.3) is 11.1 Å². The Morgan fingerprint density at radius 1 is 0.308 bits per heavy atom. The maximum absolute atomic E-state index is 5.54. The zero-order valence-electron chi connectivity index (χ0n) is 43.9. The van der Waals surface area contributed by atoms with Crippen LogP contribution in [-0.4, -0.2) is 21.6 Å². The van der Waals surface area contributed by atoms with Gasteiger partial charge in [-0.1, -0.05) is 131 Å². The molecule has 8 heteroatoms. The zero-order valence-corrected chi connectivity index (χ0v) is 43.9. The first-order valence-corrected chi connectivity index (χ1v) is 26.5. The summed E-state index contributed by atoms with van der Waals surface area (Å²) in [5.74, 6) is 3.27. The van der Waals surface area contributed by atoms with Gasteiger partial charge in [-0.25, -0.2) is 9.98 Å². The van der Waals surface area contributed by atoms with Crippen LogP contribution in [0.15, 0.2) is 276 Å². The lowest BCUT2D eigenvalue weighted by atomic mass is 10.0. The van der Waals surface area contributed by atoms with Gasteiger partial charge in [0.05, 0.1) is 11.4 Å². The van der Waals surface area contributed by atoms with Crippen molar-refractivity contribution >= 4 is 80.0 Å². The summed E-state index contributed by atoms with van der Waals surface area (Å²) >= 11 is 0. The Morgan fingerprint density at radius 2 is 0.603 bits per heavy atom. The van der Waals surface area contributed by atoms with Crippen molar-refractivity contribution in [3.63, 3.8) is 0 Å². The number of nitrogens with one attached hydrogen (secondary N) is 2. The minimum absolute atomic E-state index is 0.773. The van der Waals surface area contributed by atoms with Crippen molar-refractivity contribution in [2.75, 3.05) is 19.6 Å². The van der Waals surface area contributed by atoms with Crippen molar-refractivity contribution in [2.45, 2.75) is 27.7 Å². The molecule has 0 saturated carbocycles. The zero-order chi connectivity index (χ0) is 52.7. The highest BCUT2D eigenvalue weighted by molar-refractivity contribution is 6.15. The molecule has 2 N–H and O–H groups in total. The molecule has 8 aromatic carbocycles. The second kappa shape index (κ2) is 20.2. The lowest BCUT2D eigenvalue weighted by Gasteiger charge is -2.27. The van der Waals surface area contributed by atoms with Crippen molar-refractivity contribution in [2.24, 2.45) is 9.98 Å². The van der Waals surface area contributed by atoms with Gasteiger partial charge in [0, 0.05) is 68.0 Å². The quantitative estimate of drug-likeness (QED) is 0.143. The van der Waals surface area contributed by atoms with E-state index in [1.165, 1.54) is 22.3 Å². The van der Waals surface area contributed by atoms with Crippen LogP contribution in [0.2, 0.25) is 0 Å². The van der Waals surface area contributed by atoms with Crippen LogP contribution in [0.5, 0.6) is 0 Å². The third-order valence-corrected chi connectivity index (χ3v) is 14.6. The summed E-state index contributed by atoms with van der Waals surface area (Å²) in [4.78, 5) is 27.9. The van der Waals surface area contributed by atoms with E-state index in [1.54, 1.807) is 0 Å². The van der Waals surface area contributed by atoms with Crippen LogP contribution in [0, 0.1) is 27.7 Å². The number of amidine groups is 2. The molecule has 0 unspecified atom stereocenters. The van der Waals surface area contributed by atoms with Crippen molar-refractivity contribution in [3.8, 4) is 0 Å². The molecule has 8 nitrogen and oxygen atoms in total. The Kier molecular flexibility index (Phi) is 12.3. The molecule has 8 bridgehead atoms. The number of benzene rings is 8. The van der Waals surface area contributed by atoms with Crippen molar-refractivity contribution in [1.82, 2.24) is 9.97 Å². The molecule has 0 radical (unpaired) electrons. The molecule has 0 aliphatic carbocycles. The van der Waals surface area contributed by atoms with E-state index in [1.807, 2.05) is 0 Å². The van der Waals surface area contributed by atoms with E-state index in [-0.39, 0.29) is 0 Å². The average molecular weight is 1010 g/mol. The highest BCUT2D eigenvalue weighted by Gasteiger charge is 2.28. The molecule has 10 aromatic rings. The van der Waals surface area contributed by atoms with E-state index < -0.39 is 0 Å². The van der Waals surface area contributed by atoms with Gasteiger partial charge in [-0.15, -0.1) is 0 Å². The third kappa shape index (κ3) is 9.15. The summed E-state index contributed by atoms with van der Waals surface area (Å²) in [7, 11) is 0. The van der Waals surface area contributed by atoms with Gasteiger partial charge in [-0.2, -0.15) is 0 Å². The maximum Gasteiger partial charge on any atom is 0.139 e. The first-order chi connectivity index (χ1) is 38.3. The normalized spacial score (nSPS) is 13.8. The summed E-state index contributed by atoms with van der Waals surface area (Å²) in [6.07, 6.45) is 8.51. The van der Waals surface area contributed by atoms with Gasteiger partial charge >= 0.3 is 0 Å². The number of aryl methyl sites for hydroxylation is 4. The van der Waals surface area contributed by atoms with E-state index >= 15 is 0 Å². The van der Waals surface area contributed by atoms with E-state index in [0.717, 1.165) is 114 Å². The van der Waals surface area contributed by atoms with Crippen LogP contribution < -0.4 is 19.6 Å². The Morgan fingerprint density at radius 3 is 0.910 bits per heavy atom. The minimum Gasteiger partial charge on any atom is -0.341 e. The van der Waals surface area contributed by atoms with Gasteiger partial charge in [0.2, 0.25) is 0 Å². The summed E-state index contributed by atoms with van der Waals surface area (Å²) in [6.45, 7) is 8.50. The Hall–Kier alpha value is -10.2. The molecule has 0 amide bonds. The lowest BCUT2D eigenvalue weighted by molar-refractivity contribution is 1.20. The summed E-state index contributed by atoms with van der Waals surface area (Å²) in [5, 5.41) is 0. The molecule has 78 heavy (non-hydrogen) atoms. The monoisotopic (exact) mass is 1010 g/mol. The molecule has 0 saturated heterocycles. The minimum atomic E-state index is 0.773. The van der Waals surface area contributed by atoms with Crippen LogP contribution >= 0.6 is 0 Å². The number of hydrogen-bond donors (Lipinski definition) is 2. The number of hydrogen-bond acceptors (Lipinski definition) is 6. The van der Waals surface area contributed by atoms with Gasteiger partial charge in [-0.05, 0) is 184 Å². The molecule has 5 heterocycles. The Balaban J connectivity index is 0.964. The average Bonchev–Trinajstić information content (AvgIpc) is 4.35. The molecule has 0 atom stereocenters. The standard InChI is InChI=1S/C70H56N8/c1-47-15-23-53(24-16-47)75(54-25-17-48(2)18-26-54)57-31-35-59(36-32-57)77-65-43-39-61(71-65)69(51-11-7-5-8-12-51)63-41-45-67(73-63)78(68-46-42-64(74-68)70(52-13-9-6-10-14-52)62-40-44-66(77)72-62)60-37-33-58(34-38-60)76(55-27-19-49(3)20-28-55)56-29-21-50(4)22-30-56/h5-46,71,74H,1-4H3. The Labute approximate surface area is 456 Å². The SMILES string of the molecule is Cc1ccc(N(c2ccc(C)cc2)c2ccc(N3C4=NC(=C(c5ccccc5)c5ccc([nH]5)N(c5ccc(N(c6ccc(C)cc6)c6ccc(C)cc6)cc5)C5=NC(=C(c6ccccc6)c6ccc3[nH]6)C=C5)C=C4)cc2)cc1. The molecule has 3 aliphatic heterocycles. The number of aromatic amines is 2. The van der Waals surface area contributed by atoms with E-state index in [9.17, 15) is 0 Å². The molecule has 13 rings (SSSR count). The molecule has 3 aliphatic rings. The third-order valence-electron chi connectivity index (χ3n) is 14.6. The summed E-state index contributed by atoms with van der Waals surface area (Å²) in [6, 6.07) is 82.1. The van der Waals surface area contributed by atoms with Crippen LogP contribution in [0.4, 0.5) is 57.1 Å². The fourth-order valence-corrected chi connectivity index (χ4v) is 10.6. The number of anilines is 10. The molecule has 376 valence electrons. The highest BCUT2D eigenvalue weighted by atomic mass is 15.3. The largest absolute Gasteiger partial charge is 0.341 e. The first-order valence-electron chi connectivity index (χ1n) is 26.5. The van der Waals surface area contributed by atoms with Crippen molar-refractivity contribution in [1.29, 1.82) is 0 Å². The number of allylic oxidation sites excluding steroid dienone is 2. The van der Waals surface area contributed by atoms with Crippen LogP contribution in [-0.2, 0) is 0 Å². The highest BCUT2D eigenvalue weighted by Crippen LogP contribution is 2.42. The lowest BCUT2D eigenvalue weighted by Crippen LogP contribution is -2.24. The number of fused-ring (bicyclic) bond motifs is 6. The number of nitrogens with zero attached hydrogens (tertiary/aromatic N) is 6. The molecule has 0 fully saturated rings. The number of H-pyrrole nitrogens is 2. The fourth-order valence-electron chi connectivity index (χ4n) is 10.6. The van der Waals surface area contributed by atoms with Gasteiger partial charge in [0.1, 0.15) is 23.3 Å². The van der Waals surface area contributed by atoms with Gasteiger partial charge in [0.15, 0.2) is 0 Å². The maximum atomic E-state index is 5.54. The fraction of sp³-hybridized carbons (Fsp3) is 0.0571. The van der Waals surface area contributed by atoms with Gasteiger partial charge in [0.25, 0.3) is 0 Å². The second-order valence-corrected chi connectivity index (χ2v) is 20.1. The predicted octanol–water partition coefficient (Wildman–Crippen LogP) is 18.0. The van der Waals surface area contributed by atoms with Crippen LogP contribution in [0.1, 0.15) is 44.8 Å². The van der Waals surface area contributed by atoms with Crippen molar-refractivity contribution in [3.05, 3.63) is 311 Å². The van der Waals surface area contributed by atoms with Crippen LogP contribution in [0.3, 0.4) is 0 Å². The van der Waals surface area contributed by atoms with Gasteiger partial charge < -0.3 is 19.8 Å². The Bertz CT molecular complexity index is 3650. The van der Waals surface area contributed by atoms with E-state index in [4.69, 9.17) is 9.98 Å². The number of aliphatic imine (C=N–C) groups is 2. The smallest absolute Gasteiger partial charge is 0.139 e. The summed E-state index contributed by atoms with van der Waals surface area (Å²) in [5.41, 5.74) is 20.8.